The molecule has 3 rings (SSSR count). The lowest BCUT2D eigenvalue weighted by Gasteiger charge is -2.16. The van der Waals surface area contributed by atoms with E-state index in [0.29, 0.717) is 16.7 Å². The van der Waals surface area contributed by atoms with Crippen molar-refractivity contribution in [1.82, 2.24) is 10.6 Å². The number of benzene rings is 1. The Kier molecular flexibility index (Phi) is 5.56. The van der Waals surface area contributed by atoms with E-state index in [1.165, 1.54) is 0 Å². The Balaban J connectivity index is 1.38. The maximum atomic E-state index is 12.1. The van der Waals surface area contributed by atoms with Crippen molar-refractivity contribution in [2.75, 3.05) is 11.1 Å². The summed E-state index contributed by atoms with van der Waals surface area (Å²) in [5, 5.41) is 9.98. The van der Waals surface area contributed by atoms with Gasteiger partial charge < -0.3 is 16.0 Å². The third-order valence-electron chi connectivity index (χ3n) is 4.62. The summed E-state index contributed by atoms with van der Waals surface area (Å²) in [6, 6.07) is 5.97. The molecule has 7 heteroatoms. The normalized spacial score (nSPS) is 25.1. The van der Waals surface area contributed by atoms with Gasteiger partial charge in [-0.05, 0) is 37.5 Å². The first-order chi connectivity index (χ1) is 11.5. The van der Waals surface area contributed by atoms with E-state index in [1.807, 2.05) is 36.9 Å². The predicted molar refractivity (Wildman–Crippen MR) is 98.8 cm³/mol. The molecule has 0 radical (unpaired) electrons. The lowest BCUT2D eigenvalue weighted by atomic mass is 10.0. The summed E-state index contributed by atoms with van der Waals surface area (Å²) in [6.07, 6.45) is 3.36. The first-order valence-corrected chi connectivity index (χ1v) is 9.71. The van der Waals surface area contributed by atoms with Gasteiger partial charge in [-0.15, -0.1) is 0 Å². The third-order valence-corrected chi connectivity index (χ3v) is 6.54. The summed E-state index contributed by atoms with van der Waals surface area (Å²) < 4.78 is 0. The number of fused-ring (bicyclic) bond motifs is 1. The smallest absolute Gasteiger partial charge is 0.315 e. The molecule has 2 aliphatic heterocycles. The van der Waals surface area contributed by atoms with Crippen molar-refractivity contribution in [3.8, 4) is 0 Å². The lowest BCUT2D eigenvalue weighted by Crippen LogP contribution is -2.36. The molecule has 2 fully saturated rings. The number of unbranched alkanes of at least 4 members (excludes halogenated alkanes) is 1. The van der Waals surface area contributed by atoms with Crippen molar-refractivity contribution < 1.29 is 9.59 Å². The molecule has 24 heavy (non-hydrogen) atoms. The molecule has 0 aromatic heterocycles. The monoisotopic (exact) mass is 367 g/mol. The summed E-state index contributed by atoms with van der Waals surface area (Å²) in [7, 11) is 0. The zero-order valence-electron chi connectivity index (χ0n) is 13.6. The number of thioether (sulfide) groups is 1. The average molecular weight is 368 g/mol. The first kappa shape index (κ1) is 17.4. The number of carbonyl (C=O) groups is 2. The minimum Gasteiger partial charge on any atom is -0.332 e. The number of nitrogens with one attached hydrogen (secondary N) is 3. The van der Waals surface area contributed by atoms with Crippen LogP contribution in [0.3, 0.4) is 0 Å². The molecular formula is C17H22ClN3O2S. The molecule has 2 heterocycles. The highest BCUT2D eigenvalue weighted by Crippen LogP contribution is 2.33. The molecule has 0 saturated carbocycles. The Bertz CT molecular complexity index is 640. The van der Waals surface area contributed by atoms with Crippen LogP contribution in [-0.4, -0.2) is 35.0 Å². The number of anilines is 1. The molecule has 3 amide bonds. The van der Waals surface area contributed by atoms with Gasteiger partial charge in [0, 0.05) is 28.1 Å². The maximum Gasteiger partial charge on any atom is 0.315 e. The second-order valence-electron chi connectivity index (χ2n) is 6.33. The van der Waals surface area contributed by atoms with Crippen LogP contribution in [0.5, 0.6) is 0 Å². The molecule has 0 bridgehead atoms. The van der Waals surface area contributed by atoms with Gasteiger partial charge in [0.2, 0.25) is 5.91 Å². The SMILES string of the molecule is Cc1c(Cl)cccc1NC(=O)CCCC[C@@H]1SC[C@H]2NC(=O)N[C@@H]12. The Morgan fingerprint density at radius 1 is 1.38 bits per heavy atom. The van der Waals surface area contributed by atoms with Crippen LogP contribution in [0.25, 0.3) is 0 Å². The summed E-state index contributed by atoms with van der Waals surface area (Å²) in [4.78, 5) is 23.4. The molecule has 130 valence electrons. The molecule has 0 spiro atoms. The van der Waals surface area contributed by atoms with Crippen molar-refractivity contribution in [3.05, 3.63) is 28.8 Å². The van der Waals surface area contributed by atoms with E-state index < -0.39 is 0 Å². The Morgan fingerprint density at radius 3 is 3.04 bits per heavy atom. The number of amides is 3. The highest BCUT2D eigenvalue weighted by molar-refractivity contribution is 8.00. The number of carbonyl (C=O) groups excluding carboxylic acids is 2. The van der Waals surface area contributed by atoms with Crippen molar-refractivity contribution in [2.45, 2.75) is 49.9 Å². The van der Waals surface area contributed by atoms with E-state index in [2.05, 4.69) is 16.0 Å². The Hall–Kier alpha value is -1.40. The van der Waals surface area contributed by atoms with Gasteiger partial charge in [0.1, 0.15) is 0 Å². The maximum absolute atomic E-state index is 12.1. The van der Waals surface area contributed by atoms with Crippen molar-refractivity contribution >= 4 is 41.0 Å². The van der Waals surface area contributed by atoms with Gasteiger partial charge >= 0.3 is 6.03 Å². The summed E-state index contributed by atoms with van der Waals surface area (Å²) in [5.41, 5.74) is 1.67. The summed E-state index contributed by atoms with van der Waals surface area (Å²) in [5.74, 6) is 0.996. The van der Waals surface area contributed by atoms with Gasteiger partial charge in [-0.2, -0.15) is 11.8 Å². The van der Waals surface area contributed by atoms with Gasteiger partial charge in [0.05, 0.1) is 12.1 Å². The minimum atomic E-state index is -0.0495. The van der Waals surface area contributed by atoms with Crippen LogP contribution < -0.4 is 16.0 Å². The molecule has 2 saturated heterocycles. The molecule has 1 aromatic carbocycles. The van der Waals surface area contributed by atoms with Crippen LogP contribution >= 0.6 is 23.4 Å². The minimum absolute atomic E-state index is 0.0214. The van der Waals surface area contributed by atoms with Gasteiger partial charge in [-0.25, -0.2) is 4.79 Å². The molecule has 5 nitrogen and oxygen atoms in total. The van der Waals surface area contributed by atoms with Gasteiger partial charge in [0.15, 0.2) is 0 Å². The molecule has 0 aliphatic carbocycles. The fourth-order valence-corrected chi connectivity index (χ4v) is 4.95. The van der Waals surface area contributed by atoms with Crippen LogP contribution in [0.2, 0.25) is 5.02 Å². The fraction of sp³-hybridized carbons (Fsp3) is 0.529. The second kappa shape index (κ2) is 7.66. The number of hydrogen-bond donors (Lipinski definition) is 3. The van der Waals surface area contributed by atoms with E-state index in [0.717, 1.165) is 36.3 Å². The Morgan fingerprint density at radius 2 is 2.21 bits per heavy atom. The molecular weight excluding hydrogens is 346 g/mol. The Labute approximate surface area is 151 Å². The van der Waals surface area contributed by atoms with Crippen LogP contribution in [0, 0.1) is 6.92 Å². The topological polar surface area (TPSA) is 70.2 Å². The van der Waals surface area contributed by atoms with Gasteiger partial charge in [-0.3, -0.25) is 4.79 Å². The van der Waals surface area contributed by atoms with Crippen LogP contribution in [0.15, 0.2) is 18.2 Å². The van der Waals surface area contributed by atoms with Crippen molar-refractivity contribution in [2.24, 2.45) is 0 Å². The quantitative estimate of drug-likeness (QED) is 0.533. The van der Waals surface area contributed by atoms with Crippen LogP contribution in [-0.2, 0) is 4.79 Å². The number of rotatable bonds is 6. The van der Waals surface area contributed by atoms with E-state index >= 15 is 0 Å². The largest absolute Gasteiger partial charge is 0.332 e. The van der Waals surface area contributed by atoms with E-state index in [9.17, 15) is 9.59 Å². The number of halogens is 1. The van der Waals surface area contributed by atoms with E-state index in [4.69, 9.17) is 11.6 Å². The highest BCUT2D eigenvalue weighted by atomic mass is 35.5. The predicted octanol–water partition coefficient (Wildman–Crippen LogP) is 3.31. The molecule has 3 N–H and O–H groups in total. The van der Waals surface area contributed by atoms with Crippen molar-refractivity contribution in [1.29, 1.82) is 0 Å². The van der Waals surface area contributed by atoms with Crippen LogP contribution in [0.1, 0.15) is 31.2 Å². The third kappa shape index (κ3) is 3.98. The first-order valence-electron chi connectivity index (χ1n) is 8.28. The fourth-order valence-electron chi connectivity index (χ4n) is 3.23. The van der Waals surface area contributed by atoms with E-state index in [1.54, 1.807) is 0 Å². The zero-order chi connectivity index (χ0) is 17.1. The highest BCUT2D eigenvalue weighted by Gasteiger charge is 2.42. The van der Waals surface area contributed by atoms with E-state index in [-0.39, 0.29) is 24.0 Å². The molecule has 1 aromatic rings. The number of urea groups is 1. The zero-order valence-corrected chi connectivity index (χ0v) is 15.2. The average Bonchev–Trinajstić information content (AvgIpc) is 3.08. The van der Waals surface area contributed by atoms with Gasteiger partial charge in [0.25, 0.3) is 0 Å². The molecule has 0 unspecified atom stereocenters. The number of hydrogen-bond acceptors (Lipinski definition) is 3. The lowest BCUT2D eigenvalue weighted by molar-refractivity contribution is -0.116. The van der Waals surface area contributed by atoms with Crippen molar-refractivity contribution in [3.63, 3.8) is 0 Å². The molecule has 3 atom stereocenters. The van der Waals surface area contributed by atoms with Crippen LogP contribution in [0.4, 0.5) is 10.5 Å². The molecule has 2 aliphatic rings. The van der Waals surface area contributed by atoms with Gasteiger partial charge in [-0.1, -0.05) is 24.1 Å². The second-order valence-corrected chi connectivity index (χ2v) is 8.01. The summed E-state index contributed by atoms with van der Waals surface area (Å²) >= 11 is 7.97. The summed E-state index contributed by atoms with van der Waals surface area (Å²) in [6.45, 7) is 1.90. The standard InChI is InChI=1S/C17H22ClN3O2S/c1-10-11(18)5-4-6-12(10)19-15(22)8-3-2-7-14-16-13(9-24-14)20-17(23)21-16/h4-6,13-14,16H,2-3,7-9H2,1H3,(H,19,22)(H2,20,21,23)/t13-,14+,16-/m1/s1.